The van der Waals surface area contributed by atoms with E-state index >= 15 is 0 Å². The zero-order valence-corrected chi connectivity index (χ0v) is 14.4. The number of rotatable bonds is 1. The number of hydrogen-bond acceptors (Lipinski definition) is 2. The predicted molar refractivity (Wildman–Crippen MR) is 95.2 cm³/mol. The second-order valence-corrected chi connectivity index (χ2v) is 7.74. The van der Waals surface area contributed by atoms with Gasteiger partial charge in [0.25, 0.3) is 0 Å². The van der Waals surface area contributed by atoms with Crippen LogP contribution in [0.3, 0.4) is 0 Å². The molecule has 1 aromatic rings. The topological polar surface area (TPSA) is 24.5 Å². The van der Waals surface area contributed by atoms with Gasteiger partial charge in [0, 0.05) is 25.4 Å². The normalized spacial score (nSPS) is 27.6. The standard InChI is InChI=1S/C18H26N2OS/c1-17(2)13-18(10-12-21-17)9-6-11-20(14-18)16(22)19-15-7-4-3-5-8-15/h3-5,7-8H,6,9-14H2,1-2H3,(H,19,22)/t18-/m0/s1. The summed E-state index contributed by atoms with van der Waals surface area (Å²) in [6.45, 7) is 7.42. The van der Waals surface area contributed by atoms with Crippen LogP contribution in [0, 0.1) is 5.41 Å². The van der Waals surface area contributed by atoms with Gasteiger partial charge in [-0.15, -0.1) is 0 Å². The summed E-state index contributed by atoms with van der Waals surface area (Å²) in [6, 6.07) is 10.2. The molecule has 120 valence electrons. The van der Waals surface area contributed by atoms with Crippen LogP contribution in [0.2, 0.25) is 0 Å². The van der Waals surface area contributed by atoms with Crippen molar-refractivity contribution in [1.29, 1.82) is 0 Å². The number of hydrogen-bond donors (Lipinski definition) is 1. The SMILES string of the molecule is CC1(C)C[C@]2(CCCN(C(=S)Nc3ccccc3)C2)CCO1. The molecule has 1 aromatic carbocycles. The van der Waals surface area contributed by atoms with E-state index in [1.54, 1.807) is 0 Å². The lowest BCUT2D eigenvalue weighted by Crippen LogP contribution is -2.52. The van der Waals surface area contributed by atoms with E-state index in [2.05, 4.69) is 36.2 Å². The van der Waals surface area contributed by atoms with Crippen molar-refractivity contribution in [2.24, 2.45) is 5.41 Å². The molecular formula is C18H26N2OS. The Morgan fingerprint density at radius 1 is 1.23 bits per heavy atom. The van der Waals surface area contributed by atoms with Crippen LogP contribution in [0.5, 0.6) is 0 Å². The monoisotopic (exact) mass is 318 g/mol. The van der Waals surface area contributed by atoms with E-state index in [0.717, 1.165) is 43.3 Å². The summed E-state index contributed by atoms with van der Waals surface area (Å²) in [5.74, 6) is 0. The fourth-order valence-electron chi connectivity index (χ4n) is 4.04. The Morgan fingerprint density at radius 2 is 2.00 bits per heavy atom. The Kier molecular flexibility index (Phi) is 4.42. The van der Waals surface area contributed by atoms with Gasteiger partial charge in [-0.2, -0.15) is 0 Å². The van der Waals surface area contributed by atoms with E-state index in [-0.39, 0.29) is 5.60 Å². The number of nitrogens with one attached hydrogen (secondary N) is 1. The first-order valence-corrected chi connectivity index (χ1v) is 8.64. The molecule has 2 aliphatic rings. The molecule has 0 radical (unpaired) electrons. The van der Waals surface area contributed by atoms with Crippen LogP contribution in [0.25, 0.3) is 0 Å². The minimum absolute atomic E-state index is 0.00423. The molecule has 0 amide bonds. The molecule has 0 aromatic heterocycles. The van der Waals surface area contributed by atoms with Crippen molar-refractivity contribution in [2.45, 2.75) is 45.1 Å². The predicted octanol–water partition coefficient (Wildman–Crippen LogP) is 4.05. The third-order valence-electron chi connectivity index (χ3n) is 4.90. The van der Waals surface area contributed by atoms with Gasteiger partial charge in [-0.3, -0.25) is 0 Å². The molecule has 4 heteroatoms. The summed E-state index contributed by atoms with van der Waals surface area (Å²) < 4.78 is 5.92. The van der Waals surface area contributed by atoms with E-state index in [4.69, 9.17) is 17.0 Å². The first-order valence-electron chi connectivity index (χ1n) is 8.23. The van der Waals surface area contributed by atoms with Crippen molar-refractivity contribution in [2.75, 3.05) is 25.0 Å². The average Bonchev–Trinajstić information content (AvgIpc) is 2.47. The summed E-state index contributed by atoms with van der Waals surface area (Å²) in [5.41, 5.74) is 1.43. The highest BCUT2D eigenvalue weighted by Crippen LogP contribution is 2.44. The number of ether oxygens (including phenoxy) is 1. The molecule has 0 unspecified atom stereocenters. The fourth-order valence-corrected chi connectivity index (χ4v) is 4.31. The van der Waals surface area contributed by atoms with Gasteiger partial charge in [-0.25, -0.2) is 0 Å². The maximum absolute atomic E-state index is 5.92. The van der Waals surface area contributed by atoms with Gasteiger partial charge >= 0.3 is 0 Å². The fraction of sp³-hybridized carbons (Fsp3) is 0.611. The highest BCUT2D eigenvalue weighted by atomic mass is 32.1. The zero-order chi connectivity index (χ0) is 15.6. The molecule has 1 spiro atoms. The van der Waals surface area contributed by atoms with Crippen molar-refractivity contribution in [3.63, 3.8) is 0 Å². The van der Waals surface area contributed by atoms with Crippen LogP contribution in [0.15, 0.2) is 30.3 Å². The molecule has 2 heterocycles. The largest absolute Gasteiger partial charge is 0.376 e. The van der Waals surface area contributed by atoms with E-state index in [9.17, 15) is 0 Å². The van der Waals surface area contributed by atoms with Crippen LogP contribution < -0.4 is 5.32 Å². The lowest BCUT2D eigenvalue weighted by molar-refractivity contribution is -0.117. The molecule has 0 saturated carbocycles. The summed E-state index contributed by atoms with van der Waals surface area (Å²) >= 11 is 5.65. The Bertz CT molecular complexity index is 527. The van der Waals surface area contributed by atoms with Gasteiger partial charge in [0.2, 0.25) is 0 Å². The summed E-state index contributed by atoms with van der Waals surface area (Å²) in [4.78, 5) is 2.35. The molecular weight excluding hydrogens is 292 g/mol. The van der Waals surface area contributed by atoms with Crippen molar-refractivity contribution >= 4 is 23.0 Å². The second-order valence-electron chi connectivity index (χ2n) is 7.36. The number of para-hydroxylation sites is 1. The minimum atomic E-state index is -0.00423. The molecule has 3 rings (SSSR count). The minimum Gasteiger partial charge on any atom is -0.376 e. The molecule has 0 bridgehead atoms. The van der Waals surface area contributed by atoms with E-state index < -0.39 is 0 Å². The van der Waals surface area contributed by atoms with Crippen LogP contribution in [0.1, 0.15) is 39.5 Å². The van der Waals surface area contributed by atoms with Gasteiger partial charge in [0.05, 0.1) is 5.60 Å². The van der Waals surface area contributed by atoms with Crippen molar-refractivity contribution in [1.82, 2.24) is 4.90 Å². The van der Waals surface area contributed by atoms with E-state index in [0.29, 0.717) is 5.41 Å². The Morgan fingerprint density at radius 3 is 2.73 bits per heavy atom. The van der Waals surface area contributed by atoms with Gasteiger partial charge in [0.1, 0.15) is 0 Å². The first-order chi connectivity index (χ1) is 10.5. The maximum Gasteiger partial charge on any atom is 0.173 e. The van der Waals surface area contributed by atoms with Gasteiger partial charge < -0.3 is 15.0 Å². The van der Waals surface area contributed by atoms with E-state index in [1.807, 2.05) is 18.2 Å². The van der Waals surface area contributed by atoms with Crippen LogP contribution in [-0.2, 0) is 4.74 Å². The molecule has 2 fully saturated rings. The number of likely N-dealkylation sites (tertiary alicyclic amines) is 1. The molecule has 2 saturated heterocycles. The highest BCUT2D eigenvalue weighted by Gasteiger charge is 2.43. The second kappa shape index (κ2) is 6.17. The number of piperidine rings is 1. The summed E-state index contributed by atoms with van der Waals surface area (Å²) in [6.07, 6.45) is 4.79. The lowest BCUT2D eigenvalue weighted by Gasteiger charge is -2.50. The number of benzene rings is 1. The maximum atomic E-state index is 5.92. The summed E-state index contributed by atoms with van der Waals surface area (Å²) in [7, 11) is 0. The zero-order valence-electron chi connectivity index (χ0n) is 13.6. The molecule has 22 heavy (non-hydrogen) atoms. The van der Waals surface area contributed by atoms with Crippen LogP contribution in [-0.4, -0.2) is 35.3 Å². The molecule has 2 aliphatic heterocycles. The summed E-state index contributed by atoms with van der Waals surface area (Å²) in [5, 5.41) is 4.24. The van der Waals surface area contributed by atoms with Crippen LogP contribution >= 0.6 is 12.2 Å². The van der Waals surface area contributed by atoms with Gasteiger partial charge in [0.15, 0.2) is 5.11 Å². The highest BCUT2D eigenvalue weighted by molar-refractivity contribution is 7.80. The van der Waals surface area contributed by atoms with Crippen molar-refractivity contribution < 1.29 is 4.74 Å². The van der Waals surface area contributed by atoms with E-state index in [1.165, 1.54) is 12.8 Å². The first kappa shape index (κ1) is 15.8. The van der Waals surface area contributed by atoms with Crippen molar-refractivity contribution in [3.8, 4) is 0 Å². The quantitative estimate of drug-likeness (QED) is 0.789. The third kappa shape index (κ3) is 3.61. The average molecular weight is 318 g/mol. The van der Waals surface area contributed by atoms with Gasteiger partial charge in [-0.05, 0) is 69.3 Å². The Balaban J connectivity index is 1.66. The number of nitrogens with zero attached hydrogens (tertiary/aromatic N) is 1. The van der Waals surface area contributed by atoms with Crippen LogP contribution in [0.4, 0.5) is 5.69 Å². The molecule has 1 N–H and O–H groups in total. The Labute approximate surface area is 139 Å². The molecule has 0 aliphatic carbocycles. The number of anilines is 1. The van der Waals surface area contributed by atoms with Gasteiger partial charge in [-0.1, -0.05) is 18.2 Å². The smallest absolute Gasteiger partial charge is 0.173 e. The lowest BCUT2D eigenvalue weighted by atomic mass is 9.69. The molecule has 1 atom stereocenters. The Hall–Kier alpha value is -1.13. The van der Waals surface area contributed by atoms with Crippen molar-refractivity contribution in [3.05, 3.63) is 30.3 Å². The third-order valence-corrected chi connectivity index (χ3v) is 5.26. The molecule has 3 nitrogen and oxygen atoms in total. The number of thiocarbonyl (C=S) groups is 1.